The number of anilines is 2. The predicted octanol–water partition coefficient (Wildman–Crippen LogP) is 3.63. The van der Waals surface area contributed by atoms with Crippen LogP contribution in [0.1, 0.15) is 6.92 Å². The first-order valence-electron chi connectivity index (χ1n) is 8.24. The van der Waals surface area contributed by atoms with Crippen molar-refractivity contribution in [1.82, 2.24) is 4.98 Å². The van der Waals surface area contributed by atoms with Gasteiger partial charge < -0.3 is 19.7 Å². The van der Waals surface area contributed by atoms with E-state index < -0.39 is 6.10 Å². The average Bonchev–Trinajstić information content (AvgIpc) is 2.65. The molecule has 6 nitrogen and oxygen atoms in total. The molecule has 1 aliphatic heterocycles. The Labute approximate surface area is 162 Å². The number of aromatic nitrogens is 1. The van der Waals surface area contributed by atoms with E-state index in [9.17, 15) is 4.79 Å². The molecule has 138 valence electrons. The minimum absolute atomic E-state index is 0.317. The van der Waals surface area contributed by atoms with Crippen LogP contribution in [0.15, 0.2) is 36.5 Å². The number of hydrogen-bond acceptors (Lipinski definition) is 5. The Kier molecular flexibility index (Phi) is 6.19. The molecule has 1 saturated heterocycles. The molecule has 2 aromatic rings. The first-order valence-corrected chi connectivity index (χ1v) is 9.00. The standard InChI is InChI=1S/C18H19Cl2N3O3/c1-12(26-16-4-2-13(19)10-15(16)20)18(24)22-17-5-3-14(11-21-17)23-6-8-25-9-7-23/h2-5,10-12H,6-9H2,1H3,(H,21,22,24). The van der Waals surface area contributed by atoms with Gasteiger partial charge in [0, 0.05) is 18.1 Å². The molecule has 3 rings (SSSR count). The minimum atomic E-state index is -0.741. The monoisotopic (exact) mass is 395 g/mol. The number of ether oxygens (including phenoxy) is 2. The summed E-state index contributed by atoms with van der Waals surface area (Å²) in [5.41, 5.74) is 1.00. The van der Waals surface area contributed by atoms with Crippen molar-refractivity contribution in [2.75, 3.05) is 36.5 Å². The maximum atomic E-state index is 12.3. The summed E-state index contributed by atoms with van der Waals surface area (Å²) < 4.78 is 10.9. The topological polar surface area (TPSA) is 63.7 Å². The van der Waals surface area contributed by atoms with E-state index in [2.05, 4.69) is 15.2 Å². The van der Waals surface area contributed by atoms with Gasteiger partial charge in [-0.2, -0.15) is 0 Å². The maximum Gasteiger partial charge on any atom is 0.266 e. The lowest BCUT2D eigenvalue weighted by atomic mass is 10.3. The van der Waals surface area contributed by atoms with Gasteiger partial charge in [0.2, 0.25) is 0 Å². The molecule has 0 bridgehead atoms. The van der Waals surface area contributed by atoms with Gasteiger partial charge in [-0.05, 0) is 37.3 Å². The van der Waals surface area contributed by atoms with Gasteiger partial charge in [-0.25, -0.2) is 4.98 Å². The van der Waals surface area contributed by atoms with Gasteiger partial charge in [0.15, 0.2) is 6.10 Å². The Hall–Kier alpha value is -2.02. The van der Waals surface area contributed by atoms with E-state index in [1.165, 1.54) is 0 Å². The van der Waals surface area contributed by atoms with E-state index in [4.69, 9.17) is 32.7 Å². The molecule has 1 aliphatic rings. The molecule has 1 atom stereocenters. The SMILES string of the molecule is CC(Oc1ccc(Cl)cc1Cl)C(=O)Nc1ccc(N2CCOCC2)cn1. The summed E-state index contributed by atoms with van der Waals surface area (Å²) in [5.74, 6) is 0.543. The van der Waals surface area contributed by atoms with E-state index in [1.807, 2.05) is 6.07 Å². The van der Waals surface area contributed by atoms with Crippen molar-refractivity contribution in [2.45, 2.75) is 13.0 Å². The van der Waals surface area contributed by atoms with E-state index >= 15 is 0 Å². The van der Waals surface area contributed by atoms with Gasteiger partial charge in [0.05, 0.1) is 30.1 Å². The lowest BCUT2D eigenvalue weighted by Crippen LogP contribution is -2.36. The predicted molar refractivity (Wildman–Crippen MR) is 102 cm³/mol. The molecule has 1 aromatic heterocycles. The highest BCUT2D eigenvalue weighted by Gasteiger charge is 2.17. The smallest absolute Gasteiger partial charge is 0.266 e. The summed E-state index contributed by atoms with van der Waals surface area (Å²) >= 11 is 11.9. The Morgan fingerprint density at radius 3 is 2.69 bits per heavy atom. The van der Waals surface area contributed by atoms with E-state index in [0.717, 1.165) is 18.8 Å². The molecule has 0 radical (unpaired) electrons. The van der Waals surface area contributed by atoms with Gasteiger partial charge in [0.25, 0.3) is 5.91 Å². The number of benzene rings is 1. The highest BCUT2D eigenvalue weighted by Crippen LogP contribution is 2.28. The first-order chi connectivity index (χ1) is 12.5. The third-order valence-electron chi connectivity index (χ3n) is 3.94. The fourth-order valence-electron chi connectivity index (χ4n) is 2.51. The van der Waals surface area contributed by atoms with Gasteiger partial charge in [0.1, 0.15) is 11.6 Å². The van der Waals surface area contributed by atoms with Crippen LogP contribution in [0.4, 0.5) is 11.5 Å². The summed E-state index contributed by atoms with van der Waals surface area (Å²) in [6.45, 7) is 4.73. The number of morpholine rings is 1. The summed E-state index contributed by atoms with van der Waals surface area (Å²) in [6.07, 6.45) is 0.997. The van der Waals surface area contributed by atoms with Crippen LogP contribution >= 0.6 is 23.2 Å². The number of nitrogens with one attached hydrogen (secondary N) is 1. The Morgan fingerprint density at radius 2 is 2.04 bits per heavy atom. The lowest BCUT2D eigenvalue weighted by Gasteiger charge is -2.28. The van der Waals surface area contributed by atoms with Crippen molar-refractivity contribution in [3.63, 3.8) is 0 Å². The molecular formula is C18H19Cl2N3O3. The van der Waals surface area contributed by atoms with Crippen molar-refractivity contribution in [3.8, 4) is 5.75 Å². The zero-order valence-corrected chi connectivity index (χ0v) is 15.8. The zero-order chi connectivity index (χ0) is 18.5. The van der Waals surface area contributed by atoms with Gasteiger partial charge in [-0.15, -0.1) is 0 Å². The minimum Gasteiger partial charge on any atom is -0.479 e. The molecule has 26 heavy (non-hydrogen) atoms. The summed E-state index contributed by atoms with van der Waals surface area (Å²) in [6, 6.07) is 8.54. The number of halogens is 2. The number of rotatable bonds is 5. The van der Waals surface area contributed by atoms with E-state index in [-0.39, 0.29) is 5.91 Å². The van der Waals surface area contributed by atoms with Crippen LogP contribution in [0, 0.1) is 0 Å². The van der Waals surface area contributed by atoms with Crippen LogP contribution in [0.3, 0.4) is 0 Å². The normalized spacial score (nSPS) is 15.4. The molecule has 1 aromatic carbocycles. The molecule has 1 fully saturated rings. The number of hydrogen-bond donors (Lipinski definition) is 1. The maximum absolute atomic E-state index is 12.3. The van der Waals surface area contributed by atoms with Gasteiger partial charge in [-0.1, -0.05) is 23.2 Å². The van der Waals surface area contributed by atoms with Crippen molar-refractivity contribution in [2.24, 2.45) is 0 Å². The highest BCUT2D eigenvalue weighted by atomic mass is 35.5. The van der Waals surface area contributed by atoms with E-state index in [0.29, 0.717) is 34.8 Å². The second-order valence-electron chi connectivity index (χ2n) is 5.83. The number of amides is 1. The first kappa shape index (κ1) is 18.8. The summed E-state index contributed by atoms with van der Waals surface area (Å²) in [7, 11) is 0. The molecule has 1 amide bonds. The zero-order valence-electron chi connectivity index (χ0n) is 14.2. The van der Waals surface area contributed by atoms with E-state index in [1.54, 1.807) is 37.4 Å². The fraction of sp³-hybridized carbons (Fsp3) is 0.333. The van der Waals surface area contributed by atoms with Crippen LogP contribution in [0.5, 0.6) is 5.75 Å². The fourth-order valence-corrected chi connectivity index (χ4v) is 2.96. The van der Waals surface area contributed by atoms with Crippen molar-refractivity contribution in [3.05, 3.63) is 46.6 Å². The molecular weight excluding hydrogens is 377 g/mol. The van der Waals surface area contributed by atoms with Crippen LogP contribution in [-0.2, 0) is 9.53 Å². The number of pyridine rings is 1. The Balaban J connectivity index is 1.58. The largest absolute Gasteiger partial charge is 0.479 e. The second kappa shape index (κ2) is 8.58. The number of carbonyl (C=O) groups excluding carboxylic acids is 1. The van der Waals surface area contributed by atoms with Gasteiger partial charge in [-0.3, -0.25) is 4.79 Å². The Bertz CT molecular complexity index is 765. The molecule has 0 spiro atoms. The molecule has 0 aliphatic carbocycles. The lowest BCUT2D eigenvalue weighted by molar-refractivity contribution is -0.122. The van der Waals surface area contributed by atoms with Crippen LogP contribution in [0.2, 0.25) is 10.0 Å². The second-order valence-corrected chi connectivity index (χ2v) is 6.67. The van der Waals surface area contributed by atoms with Crippen molar-refractivity contribution < 1.29 is 14.3 Å². The Morgan fingerprint density at radius 1 is 1.27 bits per heavy atom. The van der Waals surface area contributed by atoms with Crippen molar-refractivity contribution >= 4 is 40.6 Å². The quantitative estimate of drug-likeness (QED) is 0.836. The third kappa shape index (κ3) is 4.78. The molecule has 1 unspecified atom stereocenters. The molecule has 8 heteroatoms. The average molecular weight is 396 g/mol. The van der Waals surface area contributed by atoms with Crippen molar-refractivity contribution in [1.29, 1.82) is 0 Å². The molecule has 2 heterocycles. The number of carbonyl (C=O) groups is 1. The van der Waals surface area contributed by atoms with Crippen LogP contribution < -0.4 is 15.0 Å². The summed E-state index contributed by atoms with van der Waals surface area (Å²) in [4.78, 5) is 18.8. The third-order valence-corrected chi connectivity index (χ3v) is 4.47. The van der Waals surface area contributed by atoms with Crippen LogP contribution in [-0.4, -0.2) is 43.3 Å². The highest BCUT2D eigenvalue weighted by molar-refractivity contribution is 6.35. The molecule has 1 N–H and O–H groups in total. The van der Waals surface area contributed by atoms with Gasteiger partial charge >= 0.3 is 0 Å². The summed E-state index contributed by atoms with van der Waals surface area (Å²) in [5, 5.41) is 3.59. The molecule has 0 saturated carbocycles. The number of nitrogens with zero attached hydrogens (tertiary/aromatic N) is 2. The van der Waals surface area contributed by atoms with Crippen LogP contribution in [0.25, 0.3) is 0 Å².